The highest BCUT2D eigenvalue weighted by Crippen LogP contribution is 2.41. The van der Waals surface area contributed by atoms with Crippen LogP contribution in [0.2, 0.25) is 5.02 Å². The number of fused-ring (bicyclic) bond motifs is 1. The average molecular weight is 287 g/mol. The van der Waals surface area contributed by atoms with Crippen LogP contribution in [0.1, 0.15) is 5.56 Å². The predicted octanol–water partition coefficient (Wildman–Crippen LogP) is 1.64. The fourth-order valence-electron chi connectivity index (χ4n) is 2.66. The number of hydrogen-bond donors (Lipinski definition) is 2. The molecule has 1 heterocycles. The first-order chi connectivity index (χ1) is 8.24. The number of amides is 1. The Morgan fingerprint density at radius 1 is 1.28 bits per heavy atom. The van der Waals surface area contributed by atoms with Gasteiger partial charge in [0.1, 0.15) is 0 Å². The molecule has 2 N–H and O–H groups in total. The van der Waals surface area contributed by atoms with Crippen molar-refractivity contribution >= 4 is 29.9 Å². The van der Waals surface area contributed by atoms with E-state index in [9.17, 15) is 4.79 Å². The largest absolute Gasteiger partial charge is 0.352 e. The van der Waals surface area contributed by atoms with Gasteiger partial charge in [-0.15, -0.1) is 12.4 Å². The molecular weight excluding hydrogens is 271 g/mol. The smallest absolute Gasteiger partial charge is 0.224 e. The summed E-state index contributed by atoms with van der Waals surface area (Å²) in [6, 6.07) is 7.85. The molecule has 3 nitrogen and oxygen atoms in total. The topological polar surface area (TPSA) is 41.1 Å². The first kappa shape index (κ1) is 13.7. The zero-order valence-corrected chi connectivity index (χ0v) is 11.4. The van der Waals surface area contributed by atoms with Crippen molar-refractivity contribution in [3.8, 4) is 0 Å². The van der Waals surface area contributed by atoms with E-state index in [4.69, 9.17) is 11.6 Å². The van der Waals surface area contributed by atoms with Crippen LogP contribution in [-0.4, -0.2) is 25.0 Å². The van der Waals surface area contributed by atoms with E-state index < -0.39 is 0 Å². The molecule has 1 aromatic carbocycles. The van der Waals surface area contributed by atoms with Crippen molar-refractivity contribution < 1.29 is 4.79 Å². The van der Waals surface area contributed by atoms with E-state index in [-0.39, 0.29) is 18.3 Å². The molecule has 2 unspecified atom stereocenters. The quantitative estimate of drug-likeness (QED) is 0.887. The first-order valence-corrected chi connectivity index (χ1v) is 6.36. The maximum absolute atomic E-state index is 11.8. The van der Waals surface area contributed by atoms with Gasteiger partial charge in [-0.3, -0.25) is 4.79 Å². The molecule has 18 heavy (non-hydrogen) atoms. The van der Waals surface area contributed by atoms with Gasteiger partial charge in [-0.2, -0.15) is 0 Å². The lowest BCUT2D eigenvalue weighted by molar-refractivity contribution is -0.120. The molecule has 3 rings (SSSR count). The van der Waals surface area contributed by atoms with Gasteiger partial charge in [0.15, 0.2) is 0 Å². The van der Waals surface area contributed by atoms with E-state index in [1.807, 2.05) is 24.3 Å². The van der Waals surface area contributed by atoms with E-state index in [0.29, 0.717) is 29.3 Å². The molecule has 1 aromatic rings. The minimum atomic E-state index is 0. The van der Waals surface area contributed by atoms with Gasteiger partial charge in [0.2, 0.25) is 5.91 Å². The third-order valence-corrected chi connectivity index (χ3v) is 3.95. The first-order valence-electron chi connectivity index (χ1n) is 5.98. The normalized spacial score (nSPS) is 28.2. The van der Waals surface area contributed by atoms with Gasteiger partial charge in [0.25, 0.3) is 0 Å². The number of rotatable bonds is 3. The Balaban J connectivity index is 0.00000120. The zero-order chi connectivity index (χ0) is 11.8. The number of carbonyl (C=O) groups is 1. The lowest BCUT2D eigenvalue weighted by Gasteiger charge is -2.07. The second kappa shape index (κ2) is 5.47. The van der Waals surface area contributed by atoms with Crippen molar-refractivity contribution in [1.82, 2.24) is 10.6 Å². The number of nitrogens with one attached hydrogen (secondary N) is 2. The highest BCUT2D eigenvalue weighted by atomic mass is 35.5. The molecule has 0 aromatic heterocycles. The van der Waals surface area contributed by atoms with Crippen molar-refractivity contribution in [1.29, 1.82) is 0 Å². The summed E-state index contributed by atoms with van der Waals surface area (Å²) in [7, 11) is 0. The van der Waals surface area contributed by atoms with Crippen LogP contribution < -0.4 is 10.6 Å². The van der Waals surface area contributed by atoms with E-state index >= 15 is 0 Å². The zero-order valence-electron chi connectivity index (χ0n) is 9.86. The summed E-state index contributed by atoms with van der Waals surface area (Å²) in [6.07, 6.45) is 0.445. The predicted molar refractivity (Wildman–Crippen MR) is 74.2 cm³/mol. The minimum Gasteiger partial charge on any atom is -0.352 e. The van der Waals surface area contributed by atoms with E-state index in [1.165, 1.54) is 0 Å². The molecule has 1 saturated heterocycles. The summed E-state index contributed by atoms with van der Waals surface area (Å²) in [5.41, 5.74) is 1.01. The summed E-state index contributed by atoms with van der Waals surface area (Å²) in [6.45, 7) is 2.10. The second-order valence-corrected chi connectivity index (χ2v) is 5.32. The fourth-order valence-corrected chi connectivity index (χ4v) is 2.78. The second-order valence-electron chi connectivity index (χ2n) is 4.88. The molecule has 2 fully saturated rings. The molecule has 5 heteroatoms. The fraction of sp³-hybridized carbons (Fsp3) is 0.462. The Labute approximate surface area is 118 Å². The molecule has 1 aliphatic carbocycles. The molecule has 1 saturated carbocycles. The number of hydrogen-bond acceptors (Lipinski definition) is 2. The molecule has 0 spiro atoms. The van der Waals surface area contributed by atoms with Crippen molar-refractivity contribution in [2.45, 2.75) is 12.5 Å². The van der Waals surface area contributed by atoms with Gasteiger partial charge in [0, 0.05) is 24.2 Å². The van der Waals surface area contributed by atoms with Crippen LogP contribution in [0.3, 0.4) is 0 Å². The Morgan fingerprint density at radius 2 is 1.89 bits per heavy atom. The maximum Gasteiger partial charge on any atom is 0.224 e. The number of benzene rings is 1. The lowest BCUT2D eigenvalue weighted by Crippen LogP contribution is -2.33. The van der Waals surface area contributed by atoms with E-state index in [2.05, 4.69) is 10.6 Å². The molecule has 1 aliphatic heterocycles. The summed E-state index contributed by atoms with van der Waals surface area (Å²) in [5, 5.41) is 7.13. The van der Waals surface area contributed by atoms with Crippen LogP contribution in [0.4, 0.5) is 0 Å². The van der Waals surface area contributed by atoms with Gasteiger partial charge in [0.05, 0.1) is 6.42 Å². The van der Waals surface area contributed by atoms with E-state index in [1.54, 1.807) is 0 Å². The Hall–Kier alpha value is -0.770. The van der Waals surface area contributed by atoms with Crippen molar-refractivity contribution in [2.24, 2.45) is 11.8 Å². The Morgan fingerprint density at radius 3 is 2.50 bits per heavy atom. The third kappa shape index (κ3) is 2.79. The van der Waals surface area contributed by atoms with Crippen LogP contribution in [0.25, 0.3) is 0 Å². The third-order valence-electron chi connectivity index (χ3n) is 3.70. The van der Waals surface area contributed by atoms with Gasteiger partial charge in [-0.05, 0) is 29.5 Å². The summed E-state index contributed by atoms with van der Waals surface area (Å²) >= 11 is 5.80. The minimum absolute atomic E-state index is 0. The molecule has 0 radical (unpaired) electrons. The van der Waals surface area contributed by atoms with E-state index in [0.717, 1.165) is 18.7 Å². The van der Waals surface area contributed by atoms with Crippen LogP contribution in [0.15, 0.2) is 24.3 Å². The maximum atomic E-state index is 11.8. The van der Waals surface area contributed by atoms with Crippen LogP contribution in [-0.2, 0) is 11.2 Å². The Bertz CT molecular complexity index is 425. The lowest BCUT2D eigenvalue weighted by atomic mass is 10.1. The van der Waals surface area contributed by atoms with Crippen molar-refractivity contribution in [2.75, 3.05) is 13.1 Å². The van der Waals surface area contributed by atoms with Crippen molar-refractivity contribution in [3.63, 3.8) is 0 Å². The molecule has 1 amide bonds. The highest BCUT2D eigenvalue weighted by Gasteiger charge is 2.53. The van der Waals surface area contributed by atoms with Gasteiger partial charge < -0.3 is 10.6 Å². The SMILES string of the molecule is Cl.O=C(Cc1ccc(Cl)cc1)NC1C2CNCC21. The molecule has 2 atom stereocenters. The Kier molecular flexibility index (Phi) is 4.15. The summed E-state index contributed by atoms with van der Waals surface area (Å²) < 4.78 is 0. The standard InChI is InChI=1S/C13H15ClN2O.ClH/c14-9-3-1-8(2-4-9)5-12(17)16-13-10-6-15-7-11(10)13;/h1-4,10-11,13,15H,5-7H2,(H,16,17);1H. The molecule has 0 bridgehead atoms. The van der Waals surface area contributed by atoms with Gasteiger partial charge in [-0.25, -0.2) is 0 Å². The summed E-state index contributed by atoms with van der Waals surface area (Å²) in [4.78, 5) is 11.8. The monoisotopic (exact) mass is 286 g/mol. The van der Waals surface area contributed by atoms with Crippen LogP contribution in [0.5, 0.6) is 0 Å². The number of halogens is 2. The average Bonchev–Trinajstić information content (AvgIpc) is 2.77. The van der Waals surface area contributed by atoms with Gasteiger partial charge in [-0.1, -0.05) is 23.7 Å². The summed E-state index contributed by atoms with van der Waals surface area (Å²) in [5.74, 6) is 1.46. The van der Waals surface area contributed by atoms with Crippen LogP contribution in [0, 0.1) is 11.8 Å². The van der Waals surface area contributed by atoms with Crippen LogP contribution >= 0.6 is 24.0 Å². The number of piperidine rings is 1. The molecular formula is C13H16Cl2N2O. The molecule has 2 aliphatic rings. The molecule has 98 valence electrons. The highest BCUT2D eigenvalue weighted by molar-refractivity contribution is 6.30. The van der Waals surface area contributed by atoms with Gasteiger partial charge >= 0.3 is 0 Å². The van der Waals surface area contributed by atoms with Crippen molar-refractivity contribution in [3.05, 3.63) is 34.9 Å². The number of carbonyl (C=O) groups excluding carboxylic acids is 1.